The first-order chi connectivity index (χ1) is 8.34. The van der Waals surface area contributed by atoms with Gasteiger partial charge in [0.05, 0.1) is 6.61 Å². The van der Waals surface area contributed by atoms with Crippen molar-refractivity contribution < 1.29 is 14.3 Å². The highest BCUT2D eigenvalue weighted by molar-refractivity contribution is 6.01. The number of rotatable bonds is 7. The minimum atomic E-state index is -1.23. The summed E-state index contributed by atoms with van der Waals surface area (Å²) in [4.78, 5) is 27.1. The van der Waals surface area contributed by atoms with Crippen molar-refractivity contribution in [1.29, 1.82) is 0 Å². The molecule has 6 heteroatoms. The molecule has 18 heavy (non-hydrogen) atoms. The highest BCUT2D eigenvalue weighted by Gasteiger charge is 2.30. The fourth-order valence-electron chi connectivity index (χ4n) is 1.82. The van der Waals surface area contributed by atoms with Crippen molar-refractivity contribution in [1.82, 2.24) is 9.80 Å². The van der Waals surface area contributed by atoms with E-state index in [1.165, 1.54) is 0 Å². The minimum Gasteiger partial charge on any atom is -0.464 e. The Bertz CT molecular complexity index is 282. The Hall–Kier alpha value is -1.14. The van der Waals surface area contributed by atoms with E-state index in [4.69, 9.17) is 10.5 Å². The summed E-state index contributed by atoms with van der Waals surface area (Å²) in [6.07, 6.45) is 0. The molecule has 106 valence electrons. The SMILES string of the molecule is CCOC(=O)C(N)C(=O)N(CC)C(C)CN(C)C. The van der Waals surface area contributed by atoms with E-state index in [0.717, 1.165) is 6.54 Å². The van der Waals surface area contributed by atoms with E-state index < -0.39 is 12.0 Å². The minimum absolute atomic E-state index is 0.00187. The summed E-state index contributed by atoms with van der Waals surface area (Å²) in [6, 6.07) is -1.23. The molecule has 0 radical (unpaired) electrons. The van der Waals surface area contributed by atoms with Crippen LogP contribution < -0.4 is 5.73 Å². The molecule has 0 saturated carbocycles. The van der Waals surface area contributed by atoms with Crippen LogP contribution in [0.4, 0.5) is 0 Å². The molecule has 2 N–H and O–H groups in total. The number of ether oxygens (including phenoxy) is 1. The van der Waals surface area contributed by atoms with Gasteiger partial charge in [-0.05, 0) is 34.9 Å². The first-order valence-electron chi connectivity index (χ1n) is 6.22. The predicted octanol–water partition coefficient (Wildman–Crippen LogP) is -0.325. The Labute approximate surface area is 109 Å². The standard InChI is InChI=1S/C12H25N3O3/c1-6-15(9(3)8-14(4)5)11(16)10(13)12(17)18-7-2/h9-10H,6-8,13H2,1-5H3. The molecule has 0 spiro atoms. The molecule has 2 atom stereocenters. The van der Waals surface area contributed by atoms with E-state index in [1.54, 1.807) is 11.8 Å². The molecule has 0 rings (SSSR count). The summed E-state index contributed by atoms with van der Waals surface area (Å²) in [7, 11) is 3.86. The predicted molar refractivity (Wildman–Crippen MR) is 70.0 cm³/mol. The molecular weight excluding hydrogens is 234 g/mol. The first kappa shape index (κ1) is 16.9. The largest absolute Gasteiger partial charge is 0.464 e. The van der Waals surface area contributed by atoms with E-state index in [-0.39, 0.29) is 18.6 Å². The van der Waals surface area contributed by atoms with E-state index in [0.29, 0.717) is 6.54 Å². The average molecular weight is 259 g/mol. The van der Waals surface area contributed by atoms with Gasteiger partial charge in [-0.3, -0.25) is 4.79 Å². The highest BCUT2D eigenvalue weighted by Crippen LogP contribution is 2.04. The Morgan fingerprint density at radius 2 is 1.83 bits per heavy atom. The van der Waals surface area contributed by atoms with Crippen molar-refractivity contribution >= 4 is 11.9 Å². The van der Waals surface area contributed by atoms with Gasteiger partial charge in [0.1, 0.15) is 0 Å². The van der Waals surface area contributed by atoms with Crippen molar-refractivity contribution in [3.63, 3.8) is 0 Å². The lowest BCUT2D eigenvalue weighted by Crippen LogP contribution is -2.53. The maximum atomic E-state index is 12.1. The third-order valence-corrected chi connectivity index (χ3v) is 2.59. The van der Waals surface area contributed by atoms with Crippen molar-refractivity contribution in [2.75, 3.05) is 33.8 Å². The number of carbonyl (C=O) groups is 2. The first-order valence-corrected chi connectivity index (χ1v) is 6.22. The van der Waals surface area contributed by atoms with Crippen LogP contribution in [0.25, 0.3) is 0 Å². The number of carbonyl (C=O) groups excluding carboxylic acids is 2. The zero-order valence-electron chi connectivity index (χ0n) is 12.0. The molecule has 0 aliphatic carbocycles. The second-order valence-corrected chi connectivity index (χ2v) is 4.47. The average Bonchev–Trinajstić information content (AvgIpc) is 2.28. The molecule has 6 nitrogen and oxygen atoms in total. The molecule has 0 fully saturated rings. The van der Waals surface area contributed by atoms with Crippen LogP contribution in [0.2, 0.25) is 0 Å². The Balaban J connectivity index is 4.64. The van der Waals surface area contributed by atoms with Crippen LogP contribution >= 0.6 is 0 Å². The van der Waals surface area contributed by atoms with Crippen molar-refractivity contribution in [3.8, 4) is 0 Å². The number of hydrogen-bond acceptors (Lipinski definition) is 5. The molecule has 0 saturated heterocycles. The number of hydrogen-bond donors (Lipinski definition) is 1. The van der Waals surface area contributed by atoms with E-state index in [2.05, 4.69) is 0 Å². The van der Waals surface area contributed by atoms with E-state index in [1.807, 2.05) is 32.8 Å². The molecule has 0 aromatic heterocycles. The van der Waals surface area contributed by atoms with Crippen LogP contribution in [0.3, 0.4) is 0 Å². The lowest BCUT2D eigenvalue weighted by Gasteiger charge is -2.31. The van der Waals surface area contributed by atoms with E-state index >= 15 is 0 Å². The summed E-state index contributed by atoms with van der Waals surface area (Å²) >= 11 is 0. The zero-order valence-corrected chi connectivity index (χ0v) is 12.0. The molecule has 0 aliphatic heterocycles. The van der Waals surface area contributed by atoms with Crippen LogP contribution in [0.1, 0.15) is 20.8 Å². The van der Waals surface area contributed by atoms with Gasteiger partial charge >= 0.3 is 5.97 Å². The van der Waals surface area contributed by atoms with Gasteiger partial charge in [-0.1, -0.05) is 0 Å². The zero-order chi connectivity index (χ0) is 14.3. The third kappa shape index (κ3) is 5.01. The number of esters is 1. The van der Waals surface area contributed by atoms with Gasteiger partial charge in [-0.25, -0.2) is 4.79 Å². The van der Waals surface area contributed by atoms with E-state index in [9.17, 15) is 9.59 Å². The molecule has 2 unspecified atom stereocenters. The molecular formula is C12H25N3O3. The summed E-state index contributed by atoms with van der Waals surface area (Å²) in [6.45, 7) is 6.93. The van der Waals surface area contributed by atoms with Crippen LogP contribution in [0.5, 0.6) is 0 Å². The van der Waals surface area contributed by atoms with Gasteiger partial charge < -0.3 is 20.3 Å². The van der Waals surface area contributed by atoms with Gasteiger partial charge in [-0.15, -0.1) is 0 Å². The maximum absolute atomic E-state index is 12.1. The molecule has 0 aromatic carbocycles. The lowest BCUT2D eigenvalue weighted by atomic mass is 10.2. The second kappa shape index (κ2) is 8.05. The number of likely N-dealkylation sites (N-methyl/N-ethyl adjacent to an activating group) is 2. The summed E-state index contributed by atoms with van der Waals surface area (Å²) in [5.74, 6) is -1.05. The quantitative estimate of drug-likeness (QED) is 0.501. The highest BCUT2D eigenvalue weighted by atomic mass is 16.5. The summed E-state index contributed by atoms with van der Waals surface area (Å²) in [5.41, 5.74) is 5.61. The smallest absolute Gasteiger partial charge is 0.332 e. The lowest BCUT2D eigenvalue weighted by molar-refractivity contribution is -0.151. The molecule has 0 aromatic rings. The van der Waals surface area contributed by atoms with Crippen LogP contribution in [0.15, 0.2) is 0 Å². The molecule has 1 amide bonds. The normalized spacial score (nSPS) is 14.2. The van der Waals surface area contributed by atoms with Gasteiger partial charge in [-0.2, -0.15) is 0 Å². The maximum Gasteiger partial charge on any atom is 0.332 e. The Kier molecular flexibility index (Phi) is 7.54. The van der Waals surface area contributed by atoms with Crippen molar-refractivity contribution in [3.05, 3.63) is 0 Å². The fraction of sp³-hybridized carbons (Fsp3) is 0.833. The van der Waals surface area contributed by atoms with Crippen molar-refractivity contribution in [2.45, 2.75) is 32.9 Å². The van der Waals surface area contributed by atoms with Gasteiger partial charge in [0, 0.05) is 19.1 Å². The van der Waals surface area contributed by atoms with Gasteiger partial charge in [0.25, 0.3) is 5.91 Å². The molecule has 0 aliphatic rings. The Morgan fingerprint density at radius 1 is 1.28 bits per heavy atom. The topological polar surface area (TPSA) is 75.9 Å². The molecule has 0 heterocycles. The number of nitrogens with zero attached hydrogens (tertiary/aromatic N) is 2. The van der Waals surface area contributed by atoms with Gasteiger partial charge in [0.15, 0.2) is 6.04 Å². The van der Waals surface area contributed by atoms with Crippen LogP contribution in [0, 0.1) is 0 Å². The third-order valence-electron chi connectivity index (χ3n) is 2.59. The fourth-order valence-corrected chi connectivity index (χ4v) is 1.82. The summed E-state index contributed by atoms with van der Waals surface area (Å²) < 4.78 is 4.76. The number of nitrogens with two attached hydrogens (primary N) is 1. The second-order valence-electron chi connectivity index (χ2n) is 4.47. The van der Waals surface area contributed by atoms with Gasteiger partial charge in [0.2, 0.25) is 0 Å². The van der Waals surface area contributed by atoms with Crippen LogP contribution in [-0.2, 0) is 14.3 Å². The Morgan fingerprint density at radius 3 is 2.22 bits per heavy atom. The molecule has 0 bridgehead atoms. The monoisotopic (exact) mass is 259 g/mol. The summed E-state index contributed by atoms with van der Waals surface area (Å²) in [5, 5.41) is 0. The van der Waals surface area contributed by atoms with Crippen LogP contribution in [-0.4, -0.2) is 67.6 Å². The number of amides is 1. The van der Waals surface area contributed by atoms with Crippen molar-refractivity contribution in [2.24, 2.45) is 5.73 Å².